The van der Waals surface area contributed by atoms with Crippen LogP contribution in [0.3, 0.4) is 0 Å². The van der Waals surface area contributed by atoms with Crippen LogP contribution < -0.4 is 16.4 Å². The van der Waals surface area contributed by atoms with Crippen LogP contribution in [-0.2, 0) is 0 Å². The molecule has 0 aliphatic carbocycles. The Balaban J connectivity index is 1.96. The molecule has 2 amide bonds. The number of hydrogen-bond donors (Lipinski definition) is 3. The van der Waals surface area contributed by atoms with Gasteiger partial charge in [-0.3, -0.25) is 0 Å². The van der Waals surface area contributed by atoms with E-state index in [0.29, 0.717) is 0 Å². The molecular weight excluding hydrogens is 192 g/mol. The van der Waals surface area contributed by atoms with Gasteiger partial charge in [-0.05, 0) is 38.9 Å². The Kier molecular flexibility index (Phi) is 6.11. The Morgan fingerprint density at radius 3 is 2.93 bits per heavy atom. The number of nitrogens with two attached hydrogens (primary N) is 1. The minimum Gasteiger partial charge on any atom is -0.338 e. The molecule has 0 unspecified atom stereocenters. The van der Waals surface area contributed by atoms with Gasteiger partial charge in [0.2, 0.25) is 0 Å². The van der Waals surface area contributed by atoms with E-state index in [9.17, 15) is 4.79 Å². The smallest absolute Gasteiger partial charge is 0.317 e. The summed E-state index contributed by atoms with van der Waals surface area (Å²) in [6.07, 6.45) is 3.09. The normalized spacial score (nSPS) is 16.6. The summed E-state index contributed by atoms with van der Waals surface area (Å²) < 4.78 is 0. The maximum atomic E-state index is 11.3. The first-order valence-corrected chi connectivity index (χ1v) is 5.78. The van der Waals surface area contributed by atoms with Crippen LogP contribution in [0.15, 0.2) is 0 Å². The number of rotatable bonds is 7. The second-order valence-corrected chi connectivity index (χ2v) is 3.82. The van der Waals surface area contributed by atoms with Gasteiger partial charge in [0.05, 0.1) is 0 Å². The molecule has 1 aliphatic rings. The molecule has 0 spiro atoms. The van der Waals surface area contributed by atoms with Gasteiger partial charge < -0.3 is 21.3 Å². The van der Waals surface area contributed by atoms with Crippen LogP contribution in [0.2, 0.25) is 0 Å². The van der Waals surface area contributed by atoms with Gasteiger partial charge in [0.1, 0.15) is 0 Å². The Morgan fingerprint density at radius 2 is 2.20 bits per heavy atom. The van der Waals surface area contributed by atoms with E-state index < -0.39 is 0 Å². The summed E-state index contributed by atoms with van der Waals surface area (Å²) in [7, 11) is 0. The molecule has 5 nitrogen and oxygen atoms in total. The van der Waals surface area contributed by atoms with Crippen molar-refractivity contribution >= 4 is 6.03 Å². The van der Waals surface area contributed by atoms with Crippen molar-refractivity contribution in [3.8, 4) is 0 Å². The third-order valence-electron chi connectivity index (χ3n) is 2.51. The van der Waals surface area contributed by atoms with Crippen LogP contribution >= 0.6 is 0 Å². The lowest BCUT2D eigenvalue weighted by molar-refractivity contribution is 0.185. The molecule has 15 heavy (non-hydrogen) atoms. The first-order valence-electron chi connectivity index (χ1n) is 5.78. The number of urea groups is 1. The number of amides is 2. The summed E-state index contributed by atoms with van der Waals surface area (Å²) in [6, 6.07) is 0.0863. The maximum absolute atomic E-state index is 11.3. The van der Waals surface area contributed by atoms with Crippen LogP contribution in [0.4, 0.5) is 4.79 Å². The highest BCUT2D eigenvalue weighted by Gasteiger charge is 2.15. The van der Waals surface area contributed by atoms with Crippen molar-refractivity contribution in [2.75, 3.05) is 39.3 Å². The molecule has 0 aromatic rings. The Morgan fingerprint density at radius 1 is 1.40 bits per heavy atom. The van der Waals surface area contributed by atoms with E-state index in [1.54, 1.807) is 0 Å². The largest absolute Gasteiger partial charge is 0.338 e. The van der Waals surface area contributed by atoms with E-state index in [2.05, 4.69) is 10.6 Å². The van der Waals surface area contributed by atoms with Gasteiger partial charge in [0.25, 0.3) is 0 Å². The highest BCUT2D eigenvalue weighted by atomic mass is 16.2. The lowest BCUT2D eigenvalue weighted by Crippen LogP contribution is -2.47. The summed E-state index contributed by atoms with van der Waals surface area (Å²) in [4.78, 5) is 13.2. The minimum atomic E-state index is 0.0863. The Hall–Kier alpha value is -0.810. The van der Waals surface area contributed by atoms with Crippen molar-refractivity contribution < 1.29 is 4.79 Å². The highest BCUT2D eigenvalue weighted by Crippen LogP contribution is 1.99. The van der Waals surface area contributed by atoms with Crippen molar-refractivity contribution in [1.82, 2.24) is 15.5 Å². The standard InChI is InChI=1S/C10H22N4O/c11-4-1-5-12-6-2-8-14-9-3-7-13-10(14)15/h12H,1-9,11H2,(H,13,15). The number of nitrogens with zero attached hydrogens (tertiary/aromatic N) is 1. The molecule has 0 aromatic carbocycles. The molecule has 1 fully saturated rings. The first-order chi connectivity index (χ1) is 7.34. The predicted octanol–water partition coefficient (Wildman–Crippen LogP) is -0.270. The molecule has 5 heteroatoms. The third kappa shape index (κ3) is 4.99. The van der Waals surface area contributed by atoms with Gasteiger partial charge >= 0.3 is 6.03 Å². The second-order valence-electron chi connectivity index (χ2n) is 3.82. The minimum absolute atomic E-state index is 0.0863. The summed E-state index contributed by atoms with van der Waals surface area (Å²) in [5.74, 6) is 0. The molecule has 1 rings (SSSR count). The van der Waals surface area contributed by atoms with E-state index in [-0.39, 0.29) is 6.03 Å². The Bertz CT molecular complexity index is 186. The number of hydrogen-bond acceptors (Lipinski definition) is 3. The van der Waals surface area contributed by atoms with E-state index in [0.717, 1.165) is 58.5 Å². The number of carbonyl (C=O) groups is 1. The second kappa shape index (κ2) is 7.48. The Labute approximate surface area is 91.4 Å². The summed E-state index contributed by atoms with van der Waals surface area (Å²) in [6.45, 7) is 5.24. The van der Waals surface area contributed by atoms with Crippen molar-refractivity contribution in [2.24, 2.45) is 5.73 Å². The average Bonchev–Trinajstić information content (AvgIpc) is 2.25. The summed E-state index contributed by atoms with van der Waals surface area (Å²) in [5.41, 5.74) is 5.38. The zero-order valence-electron chi connectivity index (χ0n) is 9.30. The van der Waals surface area contributed by atoms with Crippen molar-refractivity contribution in [3.05, 3.63) is 0 Å². The van der Waals surface area contributed by atoms with Gasteiger partial charge in [0.15, 0.2) is 0 Å². The van der Waals surface area contributed by atoms with Gasteiger partial charge in [-0.1, -0.05) is 0 Å². The molecule has 0 saturated carbocycles. The molecule has 0 aromatic heterocycles. The van der Waals surface area contributed by atoms with E-state index in [1.807, 2.05) is 4.90 Å². The van der Waals surface area contributed by atoms with E-state index in [4.69, 9.17) is 5.73 Å². The van der Waals surface area contributed by atoms with Crippen LogP contribution in [0.5, 0.6) is 0 Å². The lowest BCUT2D eigenvalue weighted by atomic mass is 10.3. The quantitative estimate of drug-likeness (QED) is 0.511. The van der Waals surface area contributed by atoms with Gasteiger partial charge in [0, 0.05) is 19.6 Å². The molecule has 4 N–H and O–H groups in total. The van der Waals surface area contributed by atoms with E-state index >= 15 is 0 Å². The molecule has 0 bridgehead atoms. The van der Waals surface area contributed by atoms with Crippen LogP contribution in [-0.4, -0.2) is 50.2 Å². The average molecular weight is 214 g/mol. The van der Waals surface area contributed by atoms with Crippen LogP contribution in [0.25, 0.3) is 0 Å². The monoisotopic (exact) mass is 214 g/mol. The van der Waals surface area contributed by atoms with Crippen LogP contribution in [0, 0.1) is 0 Å². The first kappa shape index (κ1) is 12.3. The fraction of sp³-hybridized carbons (Fsp3) is 0.900. The molecular formula is C10H22N4O. The lowest BCUT2D eigenvalue weighted by Gasteiger charge is -2.27. The van der Waals surface area contributed by atoms with E-state index in [1.165, 1.54) is 0 Å². The van der Waals surface area contributed by atoms with Gasteiger partial charge in [-0.15, -0.1) is 0 Å². The fourth-order valence-corrected chi connectivity index (χ4v) is 1.64. The molecule has 0 radical (unpaired) electrons. The summed E-state index contributed by atoms with van der Waals surface area (Å²) >= 11 is 0. The third-order valence-corrected chi connectivity index (χ3v) is 2.51. The fourth-order valence-electron chi connectivity index (χ4n) is 1.64. The predicted molar refractivity (Wildman–Crippen MR) is 60.7 cm³/mol. The molecule has 0 atom stereocenters. The van der Waals surface area contributed by atoms with Gasteiger partial charge in [-0.25, -0.2) is 4.79 Å². The molecule has 1 aliphatic heterocycles. The summed E-state index contributed by atoms with van der Waals surface area (Å²) in [5, 5.41) is 6.15. The zero-order valence-corrected chi connectivity index (χ0v) is 9.30. The topological polar surface area (TPSA) is 70.4 Å². The maximum Gasteiger partial charge on any atom is 0.317 e. The van der Waals surface area contributed by atoms with Crippen molar-refractivity contribution in [3.63, 3.8) is 0 Å². The zero-order chi connectivity index (χ0) is 10.9. The molecule has 1 heterocycles. The van der Waals surface area contributed by atoms with Crippen LogP contribution in [0.1, 0.15) is 19.3 Å². The molecule has 1 saturated heterocycles. The highest BCUT2D eigenvalue weighted by molar-refractivity contribution is 5.74. The number of nitrogens with one attached hydrogen (secondary N) is 2. The van der Waals surface area contributed by atoms with Crippen molar-refractivity contribution in [2.45, 2.75) is 19.3 Å². The SMILES string of the molecule is NCCCNCCCN1CCCNC1=O. The van der Waals surface area contributed by atoms with Crippen molar-refractivity contribution in [1.29, 1.82) is 0 Å². The number of carbonyl (C=O) groups excluding carboxylic acids is 1. The molecule has 88 valence electrons. The van der Waals surface area contributed by atoms with Gasteiger partial charge in [-0.2, -0.15) is 0 Å².